The minimum Gasteiger partial charge on any atom is -0.295 e. The molecule has 1 aromatic rings. The number of nitrogens with one attached hydrogen (secondary N) is 1. The largest absolute Gasteiger partial charge is 0.295 e. The van der Waals surface area contributed by atoms with Gasteiger partial charge in [-0.1, -0.05) is 6.07 Å². The van der Waals surface area contributed by atoms with Crippen LogP contribution in [0.1, 0.15) is 5.69 Å². The molecule has 2 nitrogen and oxygen atoms in total. The van der Waals surface area contributed by atoms with Crippen LogP contribution in [-0.4, -0.2) is 22.5 Å². The Labute approximate surface area is 88.1 Å². The molecule has 4 heteroatoms. The van der Waals surface area contributed by atoms with Gasteiger partial charge in [0.2, 0.25) is 0 Å². The minimum absolute atomic E-state index is 0.0250. The summed E-state index contributed by atoms with van der Waals surface area (Å²) >= 11 is 7.70. The Morgan fingerprint density at radius 1 is 1.62 bits per heavy atom. The van der Waals surface area contributed by atoms with Crippen molar-refractivity contribution in [2.75, 3.05) is 12.0 Å². The molecule has 0 aliphatic rings. The number of aromatic nitrogens is 1. The first-order chi connectivity index (χ1) is 6.33. The van der Waals surface area contributed by atoms with Crippen LogP contribution < -0.4 is 5.32 Å². The molecular weight excluding hydrogens is 204 g/mol. The summed E-state index contributed by atoms with van der Waals surface area (Å²) in [5.41, 5.74) is 1.05. The quantitative estimate of drug-likeness (QED) is 0.603. The lowest BCUT2D eigenvalue weighted by Gasteiger charge is -2.09. The maximum absolute atomic E-state index is 5.97. The van der Waals surface area contributed by atoms with Crippen LogP contribution in [0.3, 0.4) is 0 Å². The van der Waals surface area contributed by atoms with Crippen molar-refractivity contribution in [2.24, 2.45) is 0 Å². The van der Waals surface area contributed by atoms with Crippen molar-refractivity contribution < 1.29 is 0 Å². The summed E-state index contributed by atoms with van der Waals surface area (Å²) in [7, 11) is 0. The Morgan fingerprint density at radius 2 is 2.46 bits per heavy atom. The second-order valence-electron chi connectivity index (χ2n) is 2.62. The summed E-state index contributed by atoms with van der Waals surface area (Å²) in [6.45, 7) is 0.732. The Balaban J connectivity index is 2.27. The Bertz CT molecular complexity index is 230. The molecule has 0 radical (unpaired) electrons. The molecule has 0 aromatic carbocycles. The van der Waals surface area contributed by atoms with Crippen LogP contribution in [0.2, 0.25) is 0 Å². The van der Waals surface area contributed by atoms with Gasteiger partial charge in [-0.05, 0) is 18.4 Å². The average Bonchev–Trinajstić information content (AvgIpc) is 2.17. The second-order valence-corrected chi connectivity index (χ2v) is 4.06. The number of hydrogen-bond acceptors (Lipinski definition) is 3. The molecule has 0 fully saturated rings. The van der Waals surface area contributed by atoms with Gasteiger partial charge in [0.05, 0.1) is 11.2 Å². The lowest BCUT2D eigenvalue weighted by molar-refractivity contribution is 0.673. The maximum atomic E-state index is 5.97. The Morgan fingerprint density at radius 3 is 3.08 bits per heavy atom. The van der Waals surface area contributed by atoms with Gasteiger partial charge in [0.25, 0.3) is 0 Å². The van der Waals surface area contributed by atoms with E-state index in [1.54, 1.807) is 18.0 Å². The molecule has 13 heavy (non-hydrogen) atoms. The van der Waals surface area contributed by atoms with Gasteiger partial charge in [-0.3, -0.25) is 10.3 Å². The van der Waals surface area contributed by atoms with E-state index in [-0.39, 0.29) is 5.50 Å². The van der Waals surface area contributed by atoms with Gasteiger partial charge in [-0.15, -0.1) is 11.6 Å². The van der Waals surface area contributed by atoms with E-state index in [1.165, 1.54) is 0 Å². The van der Waals surface area contributed by atoms with Gasteiger partial charge in [-0.2, -0.15) is 11.8 Å². The second kappa shape index (κ2) is 6.24. The average molecular weight is 217 g/mol. The summed E-state index contributed by atoms with van der Waals surface area (Å²) in [5, 5.41) is 3.18. The van der Waals surface area contributed by atoms with Crippen molar-refractivity contribution >= 4 is 23.4 Å². The molecule has 0 aliphatic heterocycles. The topological polar surface area (TPSA) is 24.9 Å². The molecule has 1 unspecified atom stereocenters. The summed E-state index contributed by atoms with van der Waals surface area (Å²) < 4.78 is 0. The van der Waals surface area contributed by atoms with Crippen LogP contribution in [0.4, 0.5) is 0 Å². The zero-order chi connectivity index (χ0) is 9.52. The molecule has 0 saturated carbocycles. The van der Waals surface area contributed by atoms with Crippen molar-refractivity contribution in [3.05, 3.63) is 30.1 Å². The smallest absolute Gasteiger partial charge is 0.0919 e. The first kappa shape index (κ1) is 10.8. The van der Waals surface area contributed by atoms with E-state index in [0.717, 1.165) is 18.0 Å². The molecule has 0 aliphatic carbocycles. The molecule has 1 heterocycles. The molecule has 0 spiro atoms. The van der Waals surface area contributed by atoms with Gasteiger partial charge >= 0.3 is 0 Å². The van der Waals surface area contributed by atoms with Gasteiger partial charge in [0.1, 0.15) is 0 Å². The van der Waals surface area contributed by atoms with Crippen molar-refractivity contribution in [1.82, 2.24) is 10.3 Å². The van der Waals surface area contributed by atoms with Crippen LogP contribution in [-0.2, 0) is 6.54 Å². The molecule has 1 rings (SSSR count). The molecule has 1 atom stereocenters. The van der Waals surface area contributed by atoms with Gasteiger partial charge < -0.3 is 0 Å². The number of halogens is 1. The molecule has 0 saturated heterocycles. The number of hydrogen-bond donors (Lipinski definition) is 1. The van der Waals surface area contributed by atoms with Crippen molar-refractivity contribution in [1.29, 1.82) is 0 Å². The van der Waals surface area contributed by atoms with E-state index in [2.05, 4.69) is 10.3 Å². The Kier molecular flexibility index (Phi) is 5.20. The number of pyridine rings is 1. The monoisotopic (exact) mass is 216 g/mol. The van der Waals surface area contributed by atoms with E-state index in [4.69, 9.17) is 11.6 Å². The molecule has 1 N–H and O–H groups in total. The van der Waals surface area contributed by atoms with Crippen LogP contribution in [0, 0.1) is 0 Å². The molecule has 1 aromatic heterocycles. The highest BCUT2D eigenvalue weighted by molar-refractivity contribution is 7.98. The summed E-state index contributed by atoms with van der Waals surface area (Å²) in [6, 6.07) is 5.86. The van der Waals surface area contributed by atoms with E-state index in [1.807, 2.05) is 24.5 Å². The zero-order valence-electron chi connectivity index (χ0n) is 7.53. The van der Waals surface area contributed by atoms with Gasteiger partial charge in [0.15, 0.2) is 0 Å². The molecule has 0 bridgehead atoms. The highest BCUT2D eigenvalue weighted by Crippen LogP contribution is 2.02. The predicted molar refractivity (Wildman–Crippen MR) is 59.1 cm³/mol. The maximum Gasteiger partial charge on any atom is 0.0919 e. The van der Waals surface area contributed by atoms with Crippen molar-refractivity contribution in [2.45, 2.75) is 12.0 Å². The number of alkyl halides is 1. The van der Waals surface area contributed by atoms with E-state index in [0.29, 0.717) is 0 Å². The first-order valence-electron chi connectivity index (χ1n) is 4.09. The fourth-order valence-corrected chi connectivity index (χ4v) is 1.79. The van der Waals surface area contributed by atoms with Gasteiger partial charge in [0, 0.05) is 18.5 Å². The molecule has 0 amide bonds. The normalized spacial score (nSPS) is 12.8. The van der Waals surface area contributed by atoms with E-state index < -0.39 is 0 Å². The lowest BCUT2D eigenvalue weighted by atomic mass is 10.3. The summed E-state index contributed by atoms with van der Waals surface area (Å²) in [4.78, 5) is 4.18. The minimum atomic E-state index is 0.0250. The standard InChI is InChI=1S/C9H13ClN2S/c1-13-7-9(10)12-6-8-4-2-3-5-11-8/h2-5,9,12H,6-7H2,1H3. The number of thioether (sulfide) groups is 1. The number of rotatable bonds is 5. The van der Waals surface area contributed by atoms with Crippen molar-refractivity contribution in [3.63, 3.8) is 0 Å². The highest BCUT2D eigenvalue weighted by atomic mass is 35.5. The predicted octanol–water partition coefficient (Wildman–Crippen LogP) is 2.10. The third-order valence-electron chi connectivity index (χ3n) is 1.54. The SMILES string of the molecule is CSCC(Cl)NCc1ccccn1. The summed E-state index contributed by atoms with van der Waals surface area (Å²) in [5.74, 6) is 0.911. The van der Waals surface area contributed by atoms with E-state index >= 15 is 0 Å². The van der Waals surface area contributed by atoms with Crippen LogP contribution in [0.15, 0.2) is 24.4 Å². The molecule has 72 valence electrons. The van der Waals surface area contributed by atoms with Crippen LogP contribution in [0.5, 0.6) is 0 Å². The highest BCUT2D eigenvalue weighted by Gasteiger charge is 2.01. The first-order valence-corrected chi connectivity index (χ1v) is 5.92. The van der Waals surface area contributed by atoms with E-state index in [9.17, 15) is 0 Å². The van der Waals surface area contributed by atoms with Gasteiger partial charge in [-0.25, -0.2) is 0 Å². The van der Waals surface area contributed by atoms with Crippen molar-refractivity contribution in [3.8, 4) is 0 Å². The third-order valence-corrected chi connectivity index (χ3v) is 2.70. The lowest BCUT2D eigenvalue weighted by Crippen LogP contribution is -2.25. The Hall–Kier alpha value is -0.250. The molecular formula is C9H13ClN2S. The fraction of sp³-hybridized carbons (Fsp3) is 0.444. The van der Waals surface area contributed by atoms with Crippen LogP contribution in [0.25, 0.3) is 0 Å². The fourth-order valence-electron chi connectivity index (χ4n) is 0.923. The third kappa shape index (κ3) is 4.50. The number of nitrogens with zero attached hydrogens (tertiary/aromatic N) is 1. The summed E-state index contributed by atoms with van der Waals surface area (Å²) in [6.07, 6.45) is 3.83. The van der Waals surface area contributed by atoms with Crippen LogP contribution >= 0.6 is 23.4 Å². The zero-order valence-corrected chi connectivity index (χ0v) is 9.11.